The van der Waals surface area contributed by atoms with Crippen LogP contribution in [0.4, 0.5) is 0 Å². The highest BCUT2D eigenvalue weighted by Crippen LogP contribution is 2.29. The number of halogens is 2. The van der Waals surface area contributed by atoms with Crippen molar-refractivity contribution < 1.29 is 9.32 Å². The number of benzene rings is 1. The Labute approximate surface area is 125 Å². The van der Waals surface area contributed by atoms with Gasteiger partial charge >= 0.3 is 0 Å². The smallest absolute Gasteiger partial charge is 0.255 e. The Hall–Kier alpha value is -1.59. The summed E-state index contributed by atoms with van der Waals surface area (Å²) < 4.78 is 5.10. The fraction of sp³-hybridized carbons (Fsp3) is 0.308. The Kier molecular flexibility index (Phi) is 3.40. The maximum atomic E-state index is 12.3. The van der Waals surface area contributed by atoms with Crippen LogP contribution in [0.3, 0.4) is 0 Å². The van der Waals surface area contributed by atoms with Crippen molar-refractivity contribution in [1.82, 2.24) is 15.0 Å². The zero-order valence-corrected chi connectivity index (χ0v) is 12.1. The molecule has 0 radical (unpaired) electrons. The highest BCUT2D eigenvalue weighted by Gasteiger charge is 2.36. The van der Waals surface area contributed by atoms with Gasteiger partial charge in [0.2, 0.25) is 5.89 Å². The maximum Gasteiger partial charge on any atom is 0.255 e. The van der Waals surface area contributed by atoms with Crippen molar-refractivity contribution in [2.75, 3.05) is 13.1 Å². The number of nitrogens with zero attached hydrogens (tertiary/aromatic N) is 3. The molecular weight excluding hydrogens is 301 g/mol. The number of carbonyl (C=O) groups excluding carboxylic acids is 1. The molecule has 1 aliphatic rings. The van der Waals surface area contributed by atoms with E-state index in [1.807, 2.05) is 0 Å². The molecule has 2 heterocycles. The number of aromatic nitrogens is 2. The van der Waals surface area contributed by atoms with Crippen LogP contribution in [0, 0.1) is 6.92 Å². The Morgan fingerprint density at radius 2 is 2.15 bits per heavy atom. The molecule has 0 saturated carbocycles. The summed E-state index contributed by atoms with van der Waals surface area (Å²) in [5.41, 5.74) is 0.416. The summed E-state index contributed by atoms with van der Waals surface area (Å²) in [5, 5.41) is 4.63. The highest BCUT2D eigenvalue weighted by atomic mass is 35.5. The topological polar surface area (TPSA) is 59.2 Å². The second-order valence-corrected chi connectivity index (χ2v) is 5.55. The molecule has 1 fully saturated rings. The molecular formula is C13H11Cl2N3O2. The fourth-order valence-electron chi connectivity index (χ4n) is 2.11. The fourth-order valence-corrected chi connectivity index (χ4v) is 2.48. The number of hydrogen-bond acceptors (Lipinski definition) is 4. The molecule has 2 aromatic rings. The number of likely N-dealkylation sites (tertiary alicyclic amines) is 1. The summed E-state index contributed by atoms with van der Waals surface area (Å²) >= 11 is 11.9. The molecule has 7 heteroatoms. The molecule has 0 N–H and O–H groups in total. The molecule has 1 aromatic heterocycles. The van der Waals surface area contributed by atoms with Gasteiger partial charge in [-0.25, -0.2) is 0 Å². The molecule has 0 spiro atoms. The molecule has 0 aliphatic carbocycles. The monoisotopic (exact) mass is 311 g/mol. The summed E-state index contributed by atoms with van der Waals surface area (Å²) in [6.45, 7) is 2.85. The first kappa shape index (κ1) is 13.4. The van der Waals surface area contributed by atoms with Gasteiger partial charge in [-0.15, -0.1) is 0 Å². The predicted octanol–water partition coefficient (Wildman–Crippen LogP) is 2.92. The van der Waals surface area contributed by atoms with Crippen LogP contribution < -0.4 is 0 Å². The molecule has 1 aliphatic heterocycles. The van der Waals surface area contributed by atoms with Gasteiger partial charge in [0.15, 0.2) is 5.82 Å². The Morgan fingerprint density at radius 1 is 1.40 bits per heavy atom. The number of hydrogen-bond donors (Lipinski definition) is 0. The third-order valence-corrected chi connectivity index (χ3v) is 3.78. The van der Waals surface area contributed by atoms with Crippen molar-refractivity contribution in [3.63, 3.8) is 0 Å². The van der Waals surface area contributed by atoms with Crippen molar-refractivity contribution in [2.45, 2.75) is 12.8 Å². The standard InChI is InChI=1S/C13H11Cl2N3O2/c1-7-16-12(20-17-7)8-5-18(6-8)13(19)10-4-9(14)2-3-11(10)15/h2-4,8H,5-6H2,1H3. The maximum absolute atomic E-state index is 12.3. The van der Waals surface area contributed by atoms with E-state index in [1.54, 1.807) is 30.0 Å². The van der Waals surface area contributed by atoms with Crippen LogP contribution >= 0.6 is 23.2 Å². The molecule has 104 valence electrons. The van der Waals surface area contributed by atoms with E-state index in [-0.39, 0.29) is 11.8 Å². The van der Waals surface area contributed by atoms with E-state index in [0.29, 0.717) is 40.4 Å². The van der Waals surface area contributed by atoms with Crippen LogP contribution in [0.5, 0.6) is 0 Å². The molecule has 0 bridgehead atoms. The lowest BCUT2D eigenvalue weighted by Gasteiger charge is -2.37. The molecule has 3 rings (SSSR count). The zero-order valence-electron chi connectivity index (χ0n) is 10.6. The Balaban J connectivity index is 1.70. The van der Waals surface area contributed by atoms with Crippen molar-refractivity contribution in [1.29, 1.82) is 0 Å². The first-order valence-electron chi connectivity index (χ1n) is 6.09. The lowest BCUT2D eigenvalue weighted by molar-refractivity contribution is 0.0569. The quantitative estimate of drug-likeness (QED) is 0.855. The predicted molar refractivity (Wildman–Crippen MR) is 74.1 cm³/mol. The van der Waals surface area contributed by atoms with Crippen LogP contribution in [0.25, 0.3) is 0 Å². The molecule has 0 unspecified atom stereocenters. The number of carbonyl (C=O) groups is 1. The van der Waals surface area contributed by atoms with Gasteiger partial charge in [-0.2, -0.15) is 4.98 Å². The van der Waals surface area contributed by atoms with Gasteiger partial charge in [-0.3, -0.25) is 4.79 Å². The van der Waals surface area contributed by atoms with E-state index in [1.165, 1.54) is 0 Å². The van der Waals surface area contributed by atoms with Gasteiger partial charge in [0.1, 0.15) is 0 Å². The summed E-state index contributed by atoms with van der Waals surface area (Å²) in [6, 6.07) is 4.85. The SMILES string of the molecule is Cc1noc(C2CN(C(=O)c3cc(Cl)ccc3Cl)C2)n1. The average Bonchev–Trinajstić information content (AvgIpc) is 2.77. The first-order valence-corrected chi connectivity index (χ1v) is 6.84. The van der Waals surface area contributed by atoms with E-state index in [0.717, 1.165) is 0 Å². The van der Waals surface area contributed by atoms with Crippen molar-refractivity contribution in [3.8, 4) is 0 Å². The normalized spacial score (nSPS) is 15.2. The van der Waals surface area contributed by atoms with E-state index in [4.69, 9.17) is 27.7 Å². The molecule has 1 amide bonds. The lowest BCUT2D eigenvalue weighted by atomic mass is 9.99. The Morgan fingerprint density at radius 3 is 2.80 bits per heavy atom. The van der Waals surface area contributed by atoms with Gasteiger partial charge in [0, 0.05) is 18.1 Å². The second kappa shape index (κ2) is 5.07. The van der Waals surface area contributed by atoms with Gasteiger partial charge in [0.25, 0.3) is 5.91 Å². The molecule has 20 heavy (non-hydrogen) atoms. The van der Waals surface area contributed by atoms with Crippen LogP contribution in [0.15, 0.2) is 22.7 Å². The molecule has 1 aromatic carbocycles. The summed E-state index contributed by atoms with van der Waals surface area (Å²) in [5.74, 6) is 1.13. The van der Waals surface area contributed by atoms with Crippen LogP contribution in [-0.2, 0) is 0 Å². The van der Waals surface area contributed by atoms with E-state index in [9.17, 15) is 4.79 Å². The van der Waals surface area contributed by atoms with E-state index in [2.05, 4.69) is 10.1 Å². The number of aryl methyl sites for hydroxylation is 1. The lowest BCUT2D eigenvalue weighted by Crippen LogP contribution is -2.48. The van der Waals surface area contributed by atoms with Gasteiger partial charge in [-0.1, -0.05) is 28.4 Å². The third kappa shape index (κ3) is 2.39. The number of rotatable bonds is 2. The summed E-state index contributed by atoms with van der Waals surface area (Å²) in [6.07, 6.45) is 0. The first-order chi connectivity index (χ1) is 9.54. The third-order valence-electron chi connectivity index (χ3n) is 3.22. The Bertz CT molecular complexity index is 665. The van der Waals surface area contributed by atoms with Crippen LogP contribution in [-0.4, -0.2) is 34.0 Å². The van der Waals surface area contributed by atoms with E-state index >= 15 is 0 Å². The van der Waals surface area contributed by atoms with Gasteiger partial charge in [-0.05, 0) is 25.1 Å². The minimum atomic E-state index is -0.134. The van der Waals surface area contributed by atoms with Crippen LogP contribution in [0.1, 0.15) is 28.0 Å². The summed E-state index contributed by atoms with van der Waals surface area (Å²) in [7, 11) is 0. The molecule has 0 atom stereocenters. The van der Waals surface area contributed by atoms with Crippen molar-refractivity contribution >= 4 is 29.1 Å². The largest absolute Gasteiger partial charge is 0.339 e. The summed E-state index contributed by atoms with van der Waals surface area (Å²) in [4.78, 5) is 18.1. The minimum absolute atomic E-state index is 0.0955. The second-order valence-electron chi connectivity index (χ2n) is 4.71. The number of amides is 1. The van der Waals surface area contributed by atoms with Crippen molar-refractivity contribution in [2.24, 2.45) is 0 Å². The van der Waals surface area contributed by atoms with Crippen LogP contribution in [0.2, 0.25) is 10.0 Å². The van der Waals surface area contributed by atoms with E-state index < -0.39 is 0 Å². The average molecular weight is 312 g/mol. The highest BCUT2D eigenvalue weighted by molar-refractivity contribution is 6.35. The van der Waals surface area contributed by atoms with Gasteiger partial charge < -0.3 is 9.42 Å². The van der Waals surface area contributed by atoms with Gasteiger partial charge in [0.05, 0.1) is 16.5 Å². The zero-order chi connectivity index (χ0) is 14.3. The van der Waals surface area contributed by atoms with Crippen molar-refractivity contribution in [3.05, 3.63) is 45.5 Å². The minimum Gasteiger partial charge on any atom is -0.339 e. The molecule has 5 nitrogen and oxygen atoms in total. The molecule has 1 saturated heterocycles.